The number of nitrogens with two attached hydrogens (primary N) is 1. The zero-order valence-corrected chi connectivity index (χ0v) is 10.1. The molecule has 3 heteroatoms. The molecule has 0 aliphatic heterocycles. The third-order valence-corrected chi connectivity index (χ3v) is 2.79. The third-order valence-electron chi connectivity index (χ3n) is 2.79. The van der Waals surface area contributed by atoms with E-state index in [1.165, 1.54) is 5.69 Å². The first kappa shape index (κ1) is 11.7. The molecule has 17 heavy (non-hydrogen) atoms. The van der Waals surface area contributed by atoms with Gasteiger partial charge in [-0.15, -0.1) is 0 Å². The number of hydrogen-bond donors (Lipinski definition) is 1. The molecule has 1 heterocycles. The van der Waals surface area contributed by atoms with Crippen molar-refractivity contribution in [2.75, 3.05) is 11.4 Å². The van der Waals surface area contributed by atoms with Gasteiger partial charge in [0.25, 0.3) is 0 Å². The molecule has 0 saturated heterocycles. The minimum Gasteiger partial charge on any atom is -0.467 e. The van der Waals surface area contributed by atoms with E-state index in [9.17, 15) is 0 Å². The van der Waals surface area contributed by atoms with Gasteiger partial charge < -0.3 is 15.1 Å². The van der Waals surface area contributed by atoms with Gasteiger partial charge in [-0.3, -0.25) is 0 Å². The van der Waals surface area contributed by atoms with E-state index in [0.29, 0.717) is 6.54 Å². The summed E-state index contributed by atoms with van der Waals surface area (Å²) in [5, 5.41) is 0. The second-order valence-corrected chi connectivity index (χ2v) is 3.98. The smallest absolute Gasteiger partial charge is 0.123 e. The molecule has 0 amide bonds. The fraction of sp³-hybridized carbons (Fsp3) is 0.286. The lowest BCUT2D eigenvalue weighted by atomic mass is 10.2. The van der Waals surface area contributed by atoms with Crippen molar-refractivity contribution in [1.82, 2.24) is 0 Å². The van der Waals surface area contributed by atoms with E-state index in [4.69, 9.17) is 10.2 Å². The molecule has 90 valence electrons. The van der Waals surface area contributed by atoms with Gasteiger partial charge in [-0.05, 0) is 25.1 Å². The SMILES string of the molecule is CCN(Cc1cc(CN)co1)c1ccccc1. The van der Waals surface area contributed by atoms with Crippen LogP contribution in [0.25, 0.3) is 0 Å². The lowest BCUT2D eigenvalue weighted by Crippen LogP contribution is -2.21. The lowest BCUT2D eigenvalue weighted by Gasteiger charge is -2.21. The Morgan fingerprint density at radius 3 is 2.59 bits per heavy atom. The average Bonchev–Trinajstić information content (AvgIpc) is 2.84. The van der Waals surface area contributed by atoms with Crippen molar-refractivity contribution in [3.63, 3.8) is 0 Å². The van der Waals surface area contributed by atoms with Gasteiger partial charge in [0.1, 0.15) is 5.76 Å². The molecule has 1 aromatic heterocycles. The third kappa shape index (κ3) is 2.88. The average molecular weight is 230 g/mol. The Kier molecular flexibility index (Phi) is 3.83. The van der Waals surface area contributed by atoms with Crippen molar-refractivity contribution in [3.05, 3.63) is 54.0 Å². The van der Waals surface area contributed by atoms with E-state index >= 15 is 0 Å². The van der Waals surface area contributed by atoms with Crippen LogP contribution in [-0.2, 0) is 13.1 Å². The zero-order valence-electron chi connectivity index (χ0n) is 10.1. The summed E-state index contributed by atoms with van der Waals surface area (Å²) in [7, 11) is 0. The predicted octanol–water partition coefficient (Wildman–Crippen LogP) is 2.76. The van der Waals surface area contributed by atoms with E-state index in [1.54, 1.807) is 6.26 Å². The van der Waals surface area contributed by atoms with E-state index in [1.807, 2.05) is 24.3 Å². The number of hydrogen-bond acceptors (Lipinski definition) is 3. The summed E-state index contributed by atoms with van der Waals surface area (Å²) in [5.74, 6) is 0.955. The highest BCUT2D eigenvalue weighted by molar-refractivity contribution is 5.46. The van der Waals surface area contributed by atoms with Crippen molar-refractivity contribution in [1.29, 1.82) is 0 Å². The van der Waals surface area contributed by atoms with Crippen molar-refractivity contribution < 1.29 is 4.42 Å². The Morgan fingerprint density at radius 2 is 2.00 bits per heavy atom. The summed E-state index contributed by atoms with van der Waals surface area (Å²) in [4.78, 5) is 2.26. The van der Waals surface area contributed by atoms with Crippen LogP contribution < -0.4 is 10.6 Å². The predicted molar refractivity (Wildman–Crippen MR) is 69.8 cm³/mol. The maximum Gasteiger partial charge on any atom is 0.123 e. The van der Waals surface area contributed by atoms with Gasteiger partial charge in [-0.25, -0.2) is 0 Å². The van der Waals surface area contributed by atoms with Gasteiger partial charge in [0.15, 0.2) is 0 Å². The van der Waals surface area contributed by atoms with Crippen LogP contribution in [0.4, 0.5) is 5.69 Å². The molecule has 0 radical (unpaired) electrons. The molecule has 1 aromatic carbocycles. The standard InChI is InChI=1S/C14H18N2O/c1-2-16(13-6-4-3-5-7-13)10-14-8-12(9-15)11-17-14/h3-8,11H,2,9-10,15H2,1H3. The van der Waals surface area contributed by atoms with Crippen LogP contribution in [0.1, 0.15) is 18.2 Å². The second kappa shape index (κ2) is 5.55. The number of benzene rings is 1. The van der Waals surface area contributed by atoms with Gasteiger partial charge in [-0.1, -0.05) is 18.2 Å². The largest absolute Gasteiger partial charge is 0.467 e. The normalized spacial score (nSPS) is 10.5. The Labute approximate surface area is 102 Å². The second-order valence-electron chi connectivity index (χ2n) is 3.98. The molecule has 0 aliphatic rings. The molecule has 0 bridgehead atoms. The Morgan fingerprint density at radius 1 is 1.24 bits per heavy atom. The molecule has 3 nitrogen and oxygen atoms in total. The molecule has 0 atom stereocenters. The fourth-order valence-electron chi connectivity index (χ4n) is 1.83. The van der Waals surface area contributed by atoms with Crippen molar-refractivity contribution in [2.45, 2.75) is 20.0 Å². The maximum atomic E-state index is 5.56. The number of nitrogens with zero attached hydrogens (tertiary/aromatic N) is 1. The van der Waals surface area contributed by atoms with Gasteiger partial charge in [0.2, 0.25) is 0 Å². The van der Waals surface area contributed by atoms with Crippen molar-refractivity contribution in [2.24, 2.45) is 5.73 Å². The molecule has 0 fully saturated rings. The minimum absolute atomic E-state index is 0.529. The topological polar surface area (TPSA) is 42.4 Å². The summed E-state index contributed by atoms with van der Waals surface area (Å²) in [5.41, 5.74) is 7.82. The van der Waals surface area contributed by atoms with E-state index in [2.05, 4.69) is 24.0 Å². The Bertz CT molecular complexity index is 450. The van der Waals surface area contributed by atoms with Crippen LogP contribution in [-0.4, -0.2) is 6.54 Å². The summed E-state index contributed by atoms with van der Waals surface area (Å²) in [6, 6.07) is 12.4. The highest BCUT2D eigenvalue weighted by Crippen LogP contribution is 2.17. The van der Waals surface area contributed by atoms with Crippen molar-refractivity contribution in [3.8, 4) is 0 Å². The van der Waals surface area contributed by atoms with Gasteiger partial charge in [-0.2, -0.15) is 0 Å². The van der Waals surface area contributed by atoms with Gasteiger partial charge >= 0.3 is 0 Å². The Hall–Kier alpha value is -1.74. The van der Waals surface area contributed by atoms with Crippen LogP contribution in [0.2, 0.25) is 0 Å². The van der Waals surface area contributed by atoms with Crippen LogP contribution in [0.15, 0.2) is 47.1 Å². The zero-order chi connectivity index (χ0) is 12.1. The molecule has 0 spiro atoms. The van der Waals surface area contributed by atoms with Crippen LogP contribution >= 0.6 is 0 Å². The molecule has 0 unspecified atom stereocenters. The Balaban J connectivity index is 2.10. The molecular formula is C14H18N2O. The summed E-state index contributed by atoms with van der Waals surface area (Å²) in [6.07, 6.45) is 1.73. The minimum atomic E-state index is 0.529. The first-order valence-electron chi connectivity index (χ1n) is 5.90. The first-order valence-corrected chi connectivity index (χ1v) is 5.90. The summed E-state index contributed by atoms with van der Waals surface area (Å²) in [6.45, 7) is 4.39. The van der Waals surface area contributed by atoms with Crippen LogP contribution in [0.3, 0.4) is 0 Å². The summed E-state index contributed by atoms with van der Waals surface area (Å²) >= 11 is 0. The fourth-order valence-corrected chi connectivity index (χ4v) is 1.83. The molecule has 0 saturated carbocycles. The van der Waals surface area contributed by atoms with Gasteiger partial charge in [0.05, 0.1) is 12.8 Å². The molecule has 2 aromatic rings. The number of para-hydroxylation sites is 1. The molecular weight excluding hydrogens is 212 g/mol. The maximum absolute atomic E-state index is 5.56. The van der Waals surface area contributed by atoms with Gasteiger partial charge in [0, 0.05) is 24.3 Å². The number of anilines is 1. The molecule has 2 N–H and O–H groups in total. The number of furan rings is 1. The molecule has 2 rings (SSSR count). The van der Waals surface area contributed by atoms with Crippen molar-refractivity contribution >= 4 is 5.69 Å². The quantitative estimate of drug-likeness (QED) is 0.858. The monoisotopic (exact) mass is 230 g/mol. The van der Waals surface area contributed by atoms with Crippen LogP contribution in [0, 0.1) is 0 Å². The van der Waals surface area contributed by atoms with E-state index in [-0.39, 0.29) is 0 Å². The van der Waals surface area contributed by atoms with E-state index in [0.717, 1.165) is 24.4 Å². The number of rotatable bonds is 5. The lowest BCUT2D eigenvalue weighted by molar-refractivity contribution is 0.502. The highest BCUT2D eigenvalue weighted by atomic mass is 16.3. The summed E-state index contributed by atoms with van der Waals surface area (Å²) < 4.78 is 5.49. The first-order chi connectivity index (χ1) is 8.33. The van der Waals surface area contributed by atoms with E-state index < -0.39 is 0 Å². The molecule has 0 aliphatic carbocycles. The highest BCUT2D eigenvalue weighted by Gasteiger charge is 2.07. The van der Waals surface area contributed by atoms with Crippen LogP contribution in [0.5, 0.6) is 0 Å².